The van der Waals surface area contributed by atoms with Crippen molar-refractivity contribution in [3.8, 4) is 12.3 Å². The summed E-state index contributed by atoms with van der Waals surface area (Å²) in [6, 6.07) is 0. The highest BCUT2D eigenvalue weighted by Gasteiger charge is 2.41. The predicted molar refractivity (Wildman–Crippen MR) is 74.5 cm³/mol. The quantitative estimate of drug-likeness (QED) is 0.566. The number of hydrogen-bond donors (Lipinski definition) is 1. The fourth-order valence-electron chi connectivity index (χ4n) is 2.89. The standard InChI is InChI=1S/C16H22O3/c1-3-5-7-9-13-12(10-11-15(13)17)14(16(18)19)8-6-4-2/h2,5,7,12-14H,3,6,8-11H2,1H3,(H,18,19). The van der Waals surface area contributed by atoms with E-state index in [0.29, 0.717) is 32.1 Å². The third kappa shape index (κ3) is 4.24. The van der Waals surface area contributed by atoms with Crippen LogP contribution in [0.1, 0.15) is 45.4 Å². The fraction of sp³-hybridized carbons (Fsp3) is 0.625. The molecule has 3 unspecified atom stereocenters. The molecule has 1 rings (SSSR count). The smallest absolute Gasteiger partial charge is 0.306 e. The second kappa shape index (κ2) is 7.78. The van der Waals surface area contributed by atoms with Crippen molar-refractivity contribution in [1.29, 1.82) is 0 Å². The number of carbonyl (C=O) groups is 2. The van der Waals surface area contributed by atoms with Crippen molar-refractivity contribution >= 4 is 11.8 Å². The number of allylic oxidation sites excluding steroid dienone is 2. The number of carboxylic acid groups (broad SMARTS) is 1. The van der Waals surface area contributed by atoms with Gasteiger partial charge in [0.15, 0.2) is 0 Å². The fourth-order valence-corrected chi connectivity index (χ4v) is 2.89. The van der Waals surface area contributed by atoms with E-state index in [4.69, 9.17) is 6.42 Å². The van der Waals surface area contributed by atoms with E-state index in [0.717, 1.165) is 6.42 Å². The second-order valence-electron chi connectivity index (χ2n) is 5.08. The monoisotopic (exact) mass is 262 g/mol. The summed E-state index contributed by atoms with van der Waals surface area (Å²) >= 11 is 0. The average molecular weight is 262 g/mol. The molecule has 104 valence electrons. The van der Waals surface area contributed by atoms with E-state index in [-0.39, 0.29) is 17.6 Å². The van der Waals surface area contributed by atoms with Gasteiger partial charge in [-0.25, -0.2) is 0 Å². The van der Waals surface area contributed by atoms with E-state index >= 15 is 0 Å². The average Bonchev–Trinajstić information content (AvgIpc) is 2.72. The van der Waals surface area contributed by atoms with E-state index in [1.54, 1.807) is 0 Å². The number of aliphatic carboxylic acids is 1. The lowest BCUT2D eigenvalue weighted by atomic mass is 9.79. The molecule has 19 heavy (non-hydrogen) atoms. The number of Topliss-reactive ketones (excluding diaryl/α,β-unsaturated/α-hetero) is 1. The summed E-state index contributed by atoms with van der Waals surface area (Å²) < 4.78 is 0. The Labute approximate surface area is 115 Å². The predicted octanol–water partition coefficient (Wildman–Crippen LogP) is 3.05. The Balaban J connectivity index is 2.76. The molecule has 0 radical (unpaired) electrons. The summed E-state index contributed by atoms with van der Waals surface area (Å²) in [6.07, 6.45) is 13.0. The number of carboxylic acids is 1. The van der Waals surface area contributed by atoms with Gasteiger partial charge in [0.1, 0.15) is 5.78 Å². The molecule has 1 fully saturated rings. The summed E-state index contributed by atoms with van der Waals surface area (Å²) in [5.41, 5.74) is 0. The van der Waals surface area contributed by atoms with E-state index in [1.165, 1.54) is 0 Å². The minimum atomic E-state index is -0.820. The van der Waals surface area contributed by atoms with Crippen LogP contribution in [0.5, 0.6) is 0 Å². The molecule has 0 aromatic rings. The number of terminal acetylenes is 1. The molecule has 0 aromatic carbocycles. The Morgan fingerprint density at radius 2 is 2.32 bits per heavy atom. The van der Waals surface area contributed by atoms with Gasteiger partial charge in [-0.1, -0.05) is 19.1 Å². The van der Waals surface area contributed by atoms with Crippen molar-refractivity contribution in [2.24, 2.45) is 17.8 Å². The van der Waals surface area contributed by atoms with Gasteiger partial charge in [-0.05, 0) is 31.6 Å². The minimum absolute atomic E-state index is 0.0557. The lowest BCUT2D eigenvalue weighted by Gasteiger charge is -2.23. The van der Waals surface area contributed by atoms with Gasteiger partial charge in [-0.2, -0.15) is 0 Å². The summed E-state index contributed by atoms with van der Waals surface area (Å²) in [7, 11) is 0. The molecule has 1 aliphatic carbocycles. The lowest BCUT2D eigenvalue weighted by Crippen LogP contribution is -2.28. The van der Waals surface area contributed by atoms with E-state index in [2.05, 4.69) is 5.92 Å². The van der Waals surface area contributed by atoms with E-state index in [9.17, 15) is 14.7 Å². The van der Waals surface area contributed by atoms with Crippen LogP contribution in [0.15, 0.2) is 12.2 Å². The molecule has 0 aromatic heterocycles. The maximum absolute atomic E-state index is 11.9. The Bertz CT molecular complexity index is 389. The molecule has 0 amide bonds. The summed E-state index contributed by atoms with van der Waals surface area (Å²) in [4.78, 5) is 23.3. The molecule has 0 saturated heterocycles. The Hall–Kier alpha value is -1.56. The second-order valence-corrected chi connectivity index (χ2v) is 5.08. The largest absolute Gasteiger partial charge is 0.481 e. The molecule has 3 atom stereocenters. The van der Waals surface area contributed by atoms with Crippen molar-refractivity contribution in [2.45, 2.75) is 45.4 Å². The first-order valence-electron chi connectivity index (χ1n) is 6.95. The van der Waals surface area contributed by atoms with Crippen LogP contribution in [0.2, 0.25) is 0 Å². The van der Waals surface area contributed by atoms with Crippen molar-refractivity contribution in [3.63, 3.8) is 0 Å². The van der Waals surface area contributed by atoms with Gasteiger partial charge in [-0.15, -0.1) is 12.3 Å². The van der Waals surface area contributed by atoms with Crippen LogP contribution in [0.3, 0.4) is 0 Å². The van der Waals surface area contributed by atoms with Crippen molar-refractivity contribution in [3.05, 3.63) is 12.2 Å². The van der Waals surface area contributed by atoms with Gasteiger partial charge >= 0.3 is 5.97 Å². The maximum atomic E-state index is 11.9. The van der Waals surface area contributed by atoms with Crippen LogP contribution in [-0.4, -0.2) is 16.9 Å². The number of hydrogen-bond acceptors (Lipinski definition) is 2. The molecular formula is C16H22O3. The Morgan fingerprint density at radius 1 is 1.58 bits per heavy atom. The topological polar surface area (TPSA) is 54.4 Å². The summed E-state index contributed by atoms with van der Waals surface area (Å²) in [6.45, 7) is 2.04. The Morgan fingerprint density at radius 3 is 2.89 bits per heavy atom. The first-order chi connectivity index (χ1) is 9.11. The molecule has 3 heteroatoms. The van der Waals surface area contributed by atoms with Gasteiger partial charge in [0, 0.05) is 18.8 Å². The van der Waals surface area contributed by atoms with Gasteiger partial charge in [0.25, 0.3) is 0 Å². The maximum Gasteiger partial charge on any atom is 0.306 e. The van der Waals surface area contributed by atoms with Crippen LogP contribution in [-0.2, 0) is 9.59 Å². The first-order valence-corrected chi connectivity index (χ1v) is 6.95. The normalized spacial score (nSPS) is 24.5. The number of carbonyl (C=O) groups excluding carboxylic acids is 1. The van der Waals surface area contributed by atoms with E-state index in [1.807, 2.05) is 19.1 Å². The van der Waals surface area contributed by atoms with Gasteiger partial charge < -0.3 is 5.11 Å². The van der Waals surface area contributed by atoms with Crippen LogP contribution in [0.25, 0.3) is 0 Å². The zero-order valence-corrected chi connectivity index (χ0v) is 11.5. The van der Waals surface area contributed by atoms with E-state index < -0.39 is 11.9 Å². The SMILES string of the molecule is C#CCCC(C(=O)O)C1CCC(=O)C1CC=CCC. The summed E-state index contributed by atoms with van der Waals surface area (Å²) in [5.74, 6) is 1.20. The van der Waals surface area contributed by atoms with Crippen LogP contribution >= 0.6 is 0 Å². The zero-order valence-electron chi connectivity index (χ0n) is 11.5. The first kappa shape index (κ1) is 15.5. The zero-order chi connectivity index (χ0) is 14.3. The van der Waals surface area contributed by atoms with Crippen LogP contribution in [0.4, 0.5) is 0 Å². The highest BCUT2D eigenvalue weighted by molar-refractivity contribution is 5.85. The molecule has 0 heterocycles. The Kier molecular flexibility index (Phi) is 6.35. The third-order valence-electron chi connectivity index (χ3n) is 3.88. The molecule has 1 aliphatic rings. The number of ketones is 1. The highest BCUT2D eigenvalue weighted by Crippen LogP contribution is 2.39. The minimum Gasteiger partial charge on any atom is -0.481 e. The number of rotatable bonds is 7. The molecular weight excluding hydrogens is 240 g/mol. The molecule has 1 N–H and O–H groups in total. The van der Waals surface area contributed by atoms with Crippen LogP contribution in [0, 0.1) is 30.1 Å². The highest BCUT2D eigenvalue weighted by atomic mass is 16.4. The molecule has 0 spiro atoms. The van der Waals surface area contributed by atoms with Crippen molar-refractivity contribution in [1.82, 2.24) is 0 Å². The molecule has 1 saturated carbocycles. The molecule has 3 nitrogen and oxygen atoms in total. The van der Waals surface area contributed by atoms with Gasteiger partial charge in [0.05, 0.1) is 5.92 Å². The van der Waals surface area contributed by atoms with Crippen molar-refractivity contribution in [2.75, 3.05) is 0 Å². The summed E-state index contributed by atoms with van der Waals surface area (Å²) in [5, 5.41) is 9.34. The molecule has 0 aliphatic heterocycles. The third-order valence-corrected chi connectivity index (χ3v) is 3.88. The lowest BCUT2D eigenvalue weighted by molar-refractivity contribution is -0.144. The molecule has 0 bridgehead atoms. The van der Waals surface area contributed by atoms with Crippen molar-refractivity contribution < 1.29 is 14.7 Å². The van der Waals surface area contributed by atoms with Gasteiger partial charge in [0.2, 0.25) is 0 Å². The van der Waals surface area contributed by atoms with Crippen LogP contribution < -0.4 is 0 Å². The van der Waals surface area contributed by atoms with Gasteiger partial charge in [-0.3, -0.25) is 9.59 Å².